The highest BCUT2D eigenvalue weighted by Crippen LogP contribution is 2.35. The fraction of sp³-hybridized carbons (Fsp3) is 0.214. The molecular weight excluding hydrogens is 1320 g/mol. The van der Waals surface area contributed by atoms with Gasteiger partial charge in [0.1, 0.15) is 66.7 Å². The van der Waals surface area contributed by atoms with E-state index in [1.54, 1.807) is 80.9 Å². The molecule has 0 radical (unpaired) electrons. The maximum Gasteiger partial charge on any atom is 0.299 e. The molecule has 0 aliphatic heterocycles. The summed E-state index contributed by atoms with van der Waals surface area (Å²) in [4.78, 5) is 17.0. The number of methoxy groups -OCH3 is 1. The number of ether oxygens (including phenoxy) is 1. The minimum Gasteiger partial charge on any atom is -0.707 e. The predicted octanol–water partition coefficient (Wildman–Crippen LogP) is 2.89. The van der Waals surface area contributed by atoms with Gasteiger partial charge >= 0.3 is 0 Å². The van der Waals surface area contributed by atoms with Gasteiger partial charge in [0.15, 0.2) is 48.4 Å². The maximum absolute atomic E-state index is 10.6. The van der Waals surface area contributed by atoms with Gasteiger partial charge in [-0.05, 0) is 116 Å². The first-order chi connectivity index (χ1) is 44.8. The van der Waals surface area contributed by atoms with Gasteiger partial charge in [-0.25, -0.2) is 39.0 Å². The van der Waals surface area contributed by atoms with Crippen LogP contribution in [0.15, 0.2) is 199 Å². The average molecular weight is 1390 g/mol. The number of allylic oxidation sites excluding steroid dienone is 3. The Hall–Kier alpha value is -11.1. The Morgan fingerprint density at radius 3 is 1.44 bits per heavy atom. The molecule has 0 spiro atoms. The lowest BCUT2D eigenvalue weighted by atomic mass is 10.0. The van der Waals surface area contributed by atoms with Gasteiger partial charge in [0.2, 0.25) is 0 Å². The molecular formula is C56H72N20O17S3. The second-order valence-corrected chi connectivity index (χ2v) is 24.3. The fourth-order valence-electron chi connectivity index (χ4n) is 6.48. The van der Waals surface area contributed by atoms with Gasteiger partial charge < -0.3 is 77.7 Å². The lowest BCUT2D eigenvalue weighted by Gasteiger charge is -2.13. The average Bonchev–Trinajstić information content (AvgIpc) is 0.914. The highest BCUT2D eigenvalue weighted by molar-refractivity contribution is 7.86. The van der Waals surface area contributed by atoms with Crippen molar-refractivity contribution in [1.29, 1.82) is 5.41 Å². The summed E-state index contributed by atoms with van der Waals surface area (Å²) in [6, 6.07) is 26.4. The molecule has 1 aliphatic carbocycles. The number of hydrogen-bond donors (Lipinski definition) is 7. The minimum absolute atomic E-state index is 0.0419. The van der Waals surface area contributed by atoms with Crippen LogP contribution in [0.5, 0.6) is 11.5 Å². The molecule has 4 aromatic heterocycles. The first kappa shape index (κ1) is 81.0. The number of nitrogen functional groups attached to an aromatic ring is 4. The largest absolute Gasteiger partial charge is 0.707 e. The summed E-state index contributed by atoms with van der Waals surface area (Å²) in [5.74, 6) is 0.571. The van der Waals surface area contributed by atoms with Gasteiger partial charge in [-0.3, -0.25) is 4.84 Å². The summed E-state index contributed by atoms with van der Waals surface area (Å²) in [7, 11) is -0.237. The van der Waals surface area contributed by atoms with Crippen molar-refractivity contribution in [3.05, 3.63) is 185 Å². The number of pyridine rings is 4. The Morgan fingerprint density at radius 1 is 0.583 bits per heavy atom. The molecule has 8 rings (SSSR count). The van der Waals surface area contributed by atoms with E-state index in [0.717, 1.165) is 38.5 Å². The lowest BCUT2D eigenvalue weighted by Crippen LogP contribution is -2.25. The van der Waals surface area contributed by atoms with Crippen LogP contribution in [0.3, 0.4) is 0 Å². The second-order valence-electron chi connectivity index (χ2n) is 19.7. The van der Waals surface area contributed by atoms with Crippen LogP contribution in [-0.4, -0.2) is 91.7 Å². The SMILES string of the molecule is CC1=CC(=NN=c2cc(C)ccn2O)C(N)=CC1=N.CN(C)c1ccc(N=Nc2ccc[n+](C)c2)c(O[N+](=O)[O-])c1.COc1cc(N=Nc2ccc[n+](C)c2)c(N)cc1N.CS(=O)(=O)O[O-].CS(=O)(=O)O[O-].CS(=O)(=O)O[O-].Cc1cc(N=Nc2ccc[n+](C)c2)c(N)cc1N. The molecule has 0 saturated heterocycles. The first-order valence-corrected chi connectivity index (χ1v) is 32.1. The molecule has 0 unspecified atom stereocenters. The van der Waals surface area contributed by atoms with Gasteiger partial charge in [-0.1, -0.05) is 0 Å². The van der Waals surface area contributed by atoms with Crippen LogP contribution in [0, 0.1) is 29.4 Å². The van der Waals surface area contributed by atoms with Crippen LogP contribution >= 0.6 is 0 Å². The Bertz CT molecular complexity index is 4380. The van der Waals surface area contributed by atoms with Crippen molar-refractivity contribution in [2.45, 2.75) is 20.8 Å². The molecule has 37 nitrogen and oxygen atoms in total. The third kappa shape index (κ3) is 32.0. The molecule has 40 heteroatoms. The first-order valence-electron chi connectivity index (χ1n) is 26.7. The molecule has 96 heavy (non-hydrogen) atoms. The summed E-state index contributed by atoms with van der Waals surface area (Å²) in [6.07, 6.45) is 18.0. The van der Waals surface area contributed by atoms with Gasteiger partial charge in [0.25, 0.3) is 35.4 Å². The van der Waals surface area contributed by atoms with Crippen molar-refractivity contribution < 1.29 is 87.6 Å². The fourth-order valence-corrected chi connectivity index (χ4v) is 6.48. The van der Waals surface area contributed by atoms with Crippen molar-refractivity contribution >= 4 is 104 Å². The molecule has 0 saturated carbocycles. The van der Waals surface area contributed by atoms with Crippen LogP contribution in [-0.2, 0) is 64.5 Å². The number of nitrogens with one attached hydrogen (secondary N) is 1. The number of nitrogens with zero attached hydrogens (tertiary/aromatic N) is 14. The van der Waals surface area contributed by atoms with Crippen LogP contribution < -0.4 is 78.1 Å². The Kier molecular flexibility index (Phi) is 32.7. The van der Waals surface area contributed by atoms with Crippen LogP contribution in [0.1, 0.15) is 18.1 Å². The summed E-state index contributed by atoms with van der Waals surface area (Å²) in [6.45, 7) is 5.61. The van der Waals surface area contributed by atoms with Crippen molar-refractivity contribution in [3.8, 4) is 11.5 Å². The molecule has 12 N–H and O–H groups in total. The van der Waals surface area contributed by atoms with E-state index in [0.29, 0.717) is 86.9 Å². The molecule has 1 aliphatic rings. The molecule has 516 valence electrons. The van der Waals surface area contributed by atoms with E-state index in [-0.39, 0.29) is 11.4 Å². The quantitative estimate of drug-likeness (QED) is 0.0120. The minimum atomic E-state index is -3.72. The van der Waals surface area contributed by atoms with Gasteiger partial charge in [-0.2, -0.15) is 4.73 Å². The maximum atomic E-state index is 10.6. The second kappa shape index (κ2) is 38.8. The molecule has 0 amide bonds. The Balaban J connectivity index is 0.000000401. The summed E-state index contributed by atoms with van der Waals surface area (Å²) >= 11 is 0. The van der Waals surface area contributed by atoms with Gasteiger partial charge in [0.05, 0.1) is 54.3 Å². The third-order valence-corrected chi connectivity index (χ3v) is 11.8. The molecule has 0 atom stereocenters. The molecule has 4 heterocycles. The number of rotatable bonds is 14. The van der Waals surface area contributed by atoms with E-state index in [4.69, 9.17) is 54.6 Å². The number of anilines is 5. The van der Waals surface area contributed by atoms with Crippen LogP contribution in [0.4, 0.5) is 62.6 Å². The van der Waals surface area contributed by atoms with Crippen molar-refractivity contribution in [2.75, 3.05) is 67.8 Å². The number of azo groups is 3. The zero-order valence-electron chi connectivity index (χ0n) is 53.7. The van der Waals surface area contributed by atoms with E-state index < -0.39 is 35.4 Å². The van der Waals surface area contributed by atoms with E-state index in [1.807, 2.05) is 135 Å². The van der Waals surface area contributed by atoms with Crippen molar-refractivity contribution in [1.82, 2.24) is 4.73 Å². The van der Waals surface area contributed by atoms with Crippen LogP contribution in [0.2, 0.25) is 0 Å². The number of nitrogens with two attached hydrogens (primary N) is 5. The summed E-state index contributed by atoms with van der Waals surface area (Å²) in [5, 5.41) is 86.2. The van der Waals surface area contributed by atoms with E-state index in [9.17, 15) is 40.6 Å². The van der Waals surface area contributed by atoms with E-state index in [2.05, 4.69) is 58.7 Å². The third-order valence-electron chi connectivity index (χ3n) is 11.1. The van der Waals surface area contributed by atoms with Gasteiger partial charge in [0, 0.05) is 55.9 Å². The molecule has 0 fully saturated rings. The van der Waals surface area contributed by atoms with Gasteiger partial charge in [-0.15, -0.1) is 51.0 Å². The Labute approximate surface area is 552 Å². The molecule has 0 bridgehead atoms. The van der Waals surface area contributed by atoms with E-state index >= 15 is 0 Å². The zero-order valence-corrected chi connectivity index (χ0v) is 56.2. The van der Waals surface area contributed by atoms with Crippen LogP contribution in [0.25, 0.3) is 0 Å². The number of hydrogen-bond acceptors (Lipinski definition) is 32. The predicted molar refractivity (Wildman–Crippen MR) is 346 cm³/mol. The summed E-state index contributed by atoms with van der Waals surface area (Å²) < 4.78 is 76.4. The monoisotopic (exact) mass is 1390 g/mol. The highest BCUT2D eigenvalue weighted by Gasteiger charge is 2.13. The summed E-state index contributed by atoms with van der Waals surface area (Å²) in [5.41, 5.74) is 39.7. The highest BCUT2D eigenvalue weighted by atomic mass is 32.2. The zero-order chi connectivity index (χ0) is 72.7. The number of aromatic nitrogens is 4. The molecule has 7 aromatic rings. The van der Waals surface area contributed by atoms with E-state index in [1.165, 1.54) is 12.3 Å². The van der Waals surface area contributed by atoms with Crippen molar-refractivity contribution in [2.24, 2.45) is 67.8 Å². The normalized spacial score (nSPS) is 12.5. The topological polar surface area (TPSA) is 554 Å². The lowest BCUT2D eigenvalue weighted by molar-refractivity contribution is -0.710. The molecule has 3 aromatic carbocycles. The number of aryl methyl sites for hydroxylation is 5. The standard InChI is InChI=1S/C14H16N5O3.C13H15N5O.C13H16N5O.C13H16N5.3CH4O4S/c1-17(2)12-6-7-13(14(9-12)22-19(20)21)16-15-11-5-4-8-18(3)10-11;1-8-3-4-18(19)13(5-8)17-16-12-6-9(2)10(14)7-11(12)15;1-18-5-3-4-9(8-18)16-17-12-7-13(19-2)11(15)6-10(12)14;1-9-6-13(12(15)7-11(9)14)17-16-10-4-3-5-18(2)8-10;3*1-6(3,4)5-2/h4-10H,1-3H3;3-7,14,19H,15H2,1-2H3;3-8H,14-15H2,1-2H3;3-8H,14-15H2,1-2H3;3*2H,1H3/q+1;;2*+1;;;/p-3. The Morgan fingerprint density at radius 2 is 1.02 bits per heavy atom. The number of benzene rings is 3. The smallest absolute Gasteiger partial charge is 0.299 e. The van der Waals surface area contributed by atoms with Crippen molar-refractivity contribution in [3.63, 3.8) is 0 Å².